The van der Waals surface area contributed by atoms with Crippen LogP contribution < -0.4 is 10.6 Å². The predicted octanol–water partition coefficient (Wildman–Crippen LogP) is 2.31. The number of aromatic nitrogens is 3. The van der Waals surface area contributed by atoms with E-state index in [1.54, 1.807) is 4.52 Å². The molecule has 1 fully saturated rings. The third-order valence-electron chi connectivity index (χ3n) is 4.50. The van der Waals surface area contributed by atoms with E-state index in [2.05, 4.69) is 15.7 Å². The number of amides is 1. The van der Waals surface area contributed by atoms with Crippen LogP contribution in [0.2, 0.25) is 0 Å². The van der Waals surface area contributed by atoms with Crippen molar-refractivity contribution >= 4 is 17.4 Å². The van der Waals surface area contributed by atoms with Crippen LogP contribution in [0.15, 0.2) is 36.4 Å². The number of hydrogen-bond acceptors (Lipinski definition) is 4. The molecule has 4 rings (SSSR count). The molecule has 0 saturated carbocycles. The van der Waals surface area contributed by atoms with Crippen LogP contribution in [0.3, 0.4) is 0 Å². The number of aryl methyl sites for hydroxylation is 2. The summed E-state index contributed by atoms with van der Waals surface area (Å²) in [6.45, 7) is 4.69. The second-order valence-electron chi connectivity index (χ2n) is 6.12. The molecule has 1 aromatic carbocycles. The van der Waals surface area contributed by atoms with Gasteiger partial charge in [0, 0.05) is 23.7 Å². The number of nitrogens with one attached hydrogen (secondary N) is 2. The summed E-state index contributed by atoms with van der Waals surface area (Å²) in [4.78, 5) is 16.7. The lowest BCUT2D eigenvalue weighted by atomic mass is 10.1. The number of benzene rings is 1. The maximum atomic E-state index is 11.9. The van der Waals surface area contributed by atoms with Gasteiger partial charge in [-0.1, -0.05) is 30.3 Å². The third kappa shape index (κ3) is 2.40. The molecular formula is C18H19N5O. The molecule has 6 nitrogen and oxygen atoms in total. The van der Waals surface area contributed by atoms with Crippen molar-refractivity contribution < 1.29 is 4.79 Å². The summed E-state index contributed by atoms with van der Waals surface area (Å²) in [5, 5.41) is 10.8. The number of nitrogens with zero attached hydrogens (tertiary/aromatic N) is 3. The van der Waals surface area contributed by atoms with E-state index in [4.69, 9.17) is 4.98 Å². The van der Waals surface area contributed by atoms with Crippen molar-refractivity contribution in [2.24, 2.45) is 0 Å². The molecule has 0 bridgehead atoms. The van der Waals surface area contributed by atoms with E-state index in [0.29, 0.717) is 6.54 Å². The summed E-state index contributed by atoms with van der Waals surface area (Å²) in [6.07, 6.45) is 0.766. The largest absolute Gasteiger partial charge is 0.358 e. The maximum Gasteiger partial charge on any atom is 0.242 e. The lowest BCUT2D eigenvalue weighted by molar-refractivity contribution is -0.119. The Labute approximate surface area is 139 Å². The lowest BCUT2D eigenvalue weighted by Crippen LogP contribution is -2.30. The number of carbonyl (C=O) groups is 1. The van der Waals surface area contributed by atoms with Gasteiger partial charge in [0.15, 0.2) is 5.65 Å². The number of carbonyl (C=O) groups excluding carboxylic acids is 1. The van der Waals surface area contributed by atoms with E-state index in [1.165, 1.54) is 0 Å². The van der Waals surface area contributed by atoms with E-state index < -0.39 is 0 Å². The summed E-state index contributed by atoms with van der Waals surface area (Å²) in [5.74, 6) is 0.818. The average Bonchev–Trinajstić information content (AvgIpc) is 3.13. The van der Waals surface area contributed by atoms with Crippen molar-refractivity contribution in [3.05, 3.63) is 47.7 Å². The molecule has 1 saturated heterocycles. The van der Waals surface area contributed by atoms with Gasteiger partial charge in [-0.3, -0.25) is 4.79 Å². The van der Waals surface area contributed by atoms with E-state index in [-0.39, 0.29) is 11.9 Å². The molecule has 1 aliphatic rings. The van der Waals surface area contributed by atoms with Crippen molar-refractivity contribution in [1.29, 1.82) is 0 Å². The van der Waals surface area contributed by atoms with Gasteiger partial charge in [0.25, 0.3) is 0 Å². The minimum atomic E-state index is -0.232. The van der Waals surface area contributed by atoms with Crippen molar-refractivity contribution in [1.82, 2.24) is 19.9 Å². The van der Waals surface area contributed by atoms with Gasteiger partial charge >= 0.3 is 0 Å². The van der Waals surface area contributed by atoms with Gasteiger partial charge in [-0.15, -0.1) is 0 Å². The summed E-state index contributed by atoms with van der Waals surface area (Å²) in [7, 11) is 0. The van der Waals surface area contributed by atoms with Crippen LogP contribution in [0.1, 0.15) is 17.7 Å². The SMILES string of the molecule is Cc1nn2c(NC3CCNC3=O)cc(-c3ccccc3)nc2c1C. The molecule has 2 N–H and O–H groups in total. The fourth-order valence-corrected chi connectivity index (χ4v) is 3.00. The molecule has 24 heavy (non-hydrogen) atoms. The first kappa shape index (κ1) is 14.7. The fourth-order valence-electron chi connectivity index (χ4n) is 3.00. The van der Waals surface area contributed by atoms with Crippen molar-refractivity contribution in [3.63, 3.8) is 0 Å². The zero-order chi connectivity index (χ0) is 16.7. The van der Waals surface area contributed by atoms with Crippen LogP contribution in [0.5, 0.6) is 0 Å². The quantitative estimate of drug-likeness (QED) is 0.776. The molecule has 0 aliphatic carbocycles. The van der Waals surface area contributed by atoms with Gasteiger partial charge in [0.05, 0.1) is 11.4 Å². The molecule has 2 aromatic heterocycles. The van der Waals surface area contributed by atoms with Gasteiger partial charge in [-0.2, -0.15) is 9.61 Å². The Kier molecular flexibility index (Phi) is 3.45. The van der Waals surface area contributed by atoms with Crippen molar-refractivity contribution in [3.8, 4) is 11.3 Å². The Hall–Kier alpha value is -2.89. The molecular weight excluding hydrogens is 302 g/mol. The highest BCUT2D eigenvalue weighted by Crippen LogP contribution is 2.25. The first-order chi connectivity index (χ1) is 11.6. The molecule has 3 heterocycles. The Balaban J connectivity index is 1.87. The molecule has 1 aliphatic heterocycles. The Morgan fingerprint density at radius 1 is 1.25 bits per heavy atom. The maximum absolute atomic E-state index is 11.9. The molecule has 0 radical (unpaired) electrons. The second kappa shape index (κ2) is 5.63. The highest BCUT2D eigenvalue weighted by atomic mass is 16.2. The summed E-state index contributed by atoms with van der Waals surface area (Å²) < 4.78 is 1.79. The van der Waals surface area contributed by atoms with E-state index >= 15 is 0 Å². The number of hydrogen-bond donors (Lipinski definition) is 2. The zero-order valence-electron chi connectivity index (χ0n) is 13.7. The molecule has 1 atom stereocenters. The van der Waals surface area contributed by atoms with Crippen LogP contribution in [0, 0.1) is 13.8 Å². The van der Waals surface area contributed by atoms with Gasteiger partial charge < -0.3 is 10.6 Å². The van der Waals surface area contributed by atoms with Gasteiger partial charge in [0.2, 0.25) is 5.91 Å². The van der Waals surface area contributed by atoms with Crippen LogP contribution in [0.4, 0.5) is 5.82 Å². The summed E-state index contributed by atoms with van der Waals surface area (Å²) >= 11 is 0. The van der Waals surface area contributed by atoms with Gasteiger partial charge in [0.1, 0.15) is 11.9 Å². The zero-order valence-corrected chi connectivity index (χ0v) is 13.7. The normalized spacial score (nSPS) is 17.2. The second-order valence-corrected chi connectivity index (χ2v) is 6.12. The van der Waals surface area contributed by atoms with Gasteiger partial charge in [-0.25, -0.2) is 4.98 Å². The Morgan fingerprint density at radius 2 is 2.04 bits per heavy atom. The van der Waals surface area contributed by atoms with Crippen molar-refractivity contribution in [2.45, 2.75) is 26.3 Å². The standard InChI is InChI=1S/C18H19N5O/c1-11-12(2)22-23-16(20-14-8-9-19-18(14)24)10-15(21-17(11)23)13-6-4-3-5-7-13/h3-7,10,14,20H,8-9H2,1-2H3,(H,19,24). The Bertz CT molecular complexity index is 916. The predicted molar refractivity (Wildman–Crippen MR) is 92.9 cm³/mol. The van der Waals surface area contributed by atoms with Crippen LogP contribution >= 0.6 is 0 Å². The first-order valence-electron chi connectivity index (χ1n) is 8.10. The average molecular weight is 321 g/mol. The van der Waals surface area contributed by atoms with Crippen LogP contribution in [0.25, 0.3) is 16.9 Å². The van der Waals surface area contributed by atoms with Crippen LogP contribution in [-0.2, 0) is 4.79 Å². The van der Waals surface area contributed by atoms with E-state index in [9.17, 15) is 4.79 Å². The highest BCUT2D eigenvalue weighted by molar-refractivity contribution is 5.86. The first-order valence-corrected chi connectivity index (χ1v) is 8.10. The molecule has 6 heteroatoms. The Morgan fingerprint density at radius 3 is 2.75 bits per heavy atom. The van der Waals surface area contributed by atoms with E-state index in [0.717, 1.165) is 40.4 Å². The lowest BCUT2D eigenvalue weighted by Gasteiger charge is -2.14. The number of fused-ring (bicyclic) bond motifs is 1. The fraction of sp³-hybridized carbons (Fsp3) is 0.278. The molecule has 1 unspecified atom stereocenters. The summed E-state index contributed by atoms with van der Waals surface area (Å²) in [5.41, 5.74) is 4.71. The van der Waals surface area contributed by atoms with Gasteiger partial charge in [-0.05, 0) is 20.3 Å². The number of rotatable bonds is 3. The minimum Gasteiger partial charge on any atom is -0.358 e. The molecule has 122 valence electrons. The van der Waals surface area contributed by atoms with E-state index in [1.807, 2.05) is 50.2 Å². The smallest absolute Gasteiger partial charge is 0.242 e. The third-order valence-corrected chi connectivity index (χ3v) is 4.50. The minimum absolute atomic E-state index is 0.0295. The number of anilines is 1. The summed E-state index contributed by atoms with van der Waals surface area (Å²) in [6, 6.07) is 11.8. The molecule has 0 spiro atoms. The van der Waals surface area contributed by atoms with Crippen molar-refractivity contribution in [2.75, 3.05) is 11.9 Å². The molecule has 1 amide bonds. The molecule has 3 aromatic rings. The monoisotopic (exact) mass is 321 g/mol. The van der Waals surface area contributed by atoms with Crippen LogP contribution in [-0.4, -0.2) is 33.1 Å². The highest BCUT2D eigenvalue weighted by Gasteiger charge is 2.25. The topological polar surface area (TPSA) is 71.3 Å².